The van der Waals surface area contributed by atoms with Crippen molar-refractivity contribution in [3.63, 3.8) is 0 Å². The van der Waals surface area contributed by atoms with E-state index in [1.807, 2.05) is 79.7 Å². The summed E-state index contributed by atoms with van der Waals surface area (Å²) in [6.07, 6.45) is 2.66. The summed E-state index contributed by atoms with van der Waals surface area (Å²) in [5.41, 5.74) is -0.510. The molecule has 0 aliphatic heterocycles. The lowest BCUT2D eigenvalue weighted by Gasteiger charge is -2.36. The first-order chi connectivity index (χ1) is 27.5. The summed E-state index contributed by atoms with van der Waals surface area (Å²) in [6.45, 7) is 6.83. The zero-order chi connectivity index (χ0) is 40.4. The van der Waals surface area contributed by atoms with E-state index in [9.17, 15) is 19.5 Å². The molecule has 9 heteroatoms. The number of benzene rings is 6. The molecule has 0 saturated carbocycles. The van der Waals surface area contributed by atoms with Gasteiger partial charge in [0.25, 0.3) is 0 Å². The van der Waals surface area contributed by atoms with Crippen molar-refractivity contribution in [2.75, 3.05) is 26.4 Å². The molecule has 6 aromatic rings. The number of ether oxygens (including phenoxy) is 3. The van der Waals surface area contributed by atoms with Gasteiger partial charge in [-0.25, -0.2) is 0 Å². The van der Waals surface area contributed by atoms with Crippen LogP contribution in [-0.4, -0.2) is 55.7 Å². The lowest BCUT2D eigenvalue weighted by molar-refractivity contribution is -0.166. The van der Waals surface area contributed by atoms with Gasteiger partial charge in [-0.3, -0.25) is 14.4 Å². The highest BCUT2D eigenvalue weighted by molar-refractivity contribution is 6.13. The van der Waals surface area contributed by atoms with Crippen LogP contribution in [-0.2, 0) is 40.0 Å². The first kappa shape index (κ1) is 40.9. The molecule has 1 N–H and O–H groups in total. The minimum Gasteiger partial charge on any atom is -0.465 e. The molecule has 0 heterocycles. The molecule has 0 aliphatic rings. The summed E-state index contributed by atoms with van der Waals surface area (Å²) in [6, 6.07) is 36.6. The molecule has 0 aromatic heterocycles. The standard InChI is InChI=1S/C48H51NO8/c1-5-33(44(51)56-31-43-40-21-12-8-17-36(40)28-37-18-9-13-22-41(37)43)29-48(4,46(53)55-26-23-50)32-47(2,3)45(52)54-24-14-25-57-49-30-42-38-19-10-6-15-34(38)27-35-16-7-11-20-39(35)42/h6-13,15-22,27-28,30,33,50H,5,14,23-26,29,31-32H2,1-4H3. The number of oxime groups is 1. The van der Waals surface area contributed by atoms with Crippen molar-refractivity contribution < 1.29 is 38.5 Å². The third-order valence-corrected chi connectivity index (χ3v) is 10.6. The van der Waals surface area contributed by atoms with E-state index in [2.05, 4.69) is 41.6 Å². The Morgan fingerprint density at radius 3 is 1.74 bits per heavy atom. The molecule has 0 fully saturated rings. The van der Waals surface area contributed by atoms with E-state index < -0.39 is 34.7 Å². The highest BCUT2D eigenvalue weighted by atomic mass is 16.6. The summed E-state index contributed by atoms with van der Waals surface area (Å²) < 4.78 is 17.1. The topological polar surface area (TPSA) is 121 Å². The number of carbonyl (C=O) groups excluding carboxylic acids is 3. The van der Waals surface area contributed by atoms with Gasteiger partial charge in [0.2, 0.25) is 0 Å². The van der Waals surface area contributed by atoms with Crippen molar-refractivity contribution in [1.82, 2.24) is 0 Å². The Hall–Kier alpha value is -5.80. The molecule has 6 rings (SSSR count). The van der Waals surface area contributed by atoms with Gasteiger partial charge in [0.1, 0.15) is 19.8 Å². The van der Waals surface area contributed by atoms with E-state index in [1.54, 1.807) is 27.0 Å². The maximum absolute atomic E-state index is 13.8. The van der Waals surface area contributed by atoms with E-state index in [-0.39, 0.29) is 45.9 Å². The zero-order valence-corrected chi connectivity index (χ0v) is 33.2. The van der Waals surface area contributed by atoms with Gasteiger partial charge in [-0.15, -0.1) is 0 Å². The van der Waals surface area contributed by atoms with Gasteiger partial charge < -0.3 is 24.2 Å². The summed E-state index contributed by atoms with van der Waals surface area (Å²) in [4.78, 5) is 46.4. The summed E-state index contributed by atoms with van der Waals surface area (Å²) in [5, 5.41) is 22.1. The normalized spacial score (nSPS) is 13.5. The van der Waals surface area contributed by atoms with Crippen LogP contribution in [0.1, 0.15) is 64.5 Å². The minimum absolute atomic E-state index is 0.0423. The summed E-state index contributed by atoms with van der Waals surface area (Å²) in [7, 11) is 0. The number of hydrogen-bond donors (Lipinski definition) is 1. The number of nitrogens with zero attached hydrogens (tertiary/aromatic N) is 1. The second-order valence-corrected chi connectivity index (χ2v) is 15.5. The van der Waals surface area contributed by atoms with Gasteiger partial charge in [0.15, 0.2) is 0 Å². The third kappa shape index (κ3) is 9.60. The Balaban J connectivity index is 1.06. The second kappa shape index (κ2) is 18.4. The summed E-state index contributed by atoms with van der Waals surface area (Å²) >= 11 is 0. The molecule has 0 aliphatic carbocycles. The van der Waals surface area contributed by atoms with Crippen LogP contribution in [0.2, 0.25) is 0 Å². The molecule has 57 heavy (non-hydrogen) atoms. The largest absolute Gasteiger partial charge is 0.465 e. The Bertz CT molecular complexity index is 2290. The number of aliphatic hydroxyl groups is 1. The van der Waals surface area contributed by atoms with E-state index in [4.69, 9.17) is 19.0 Å². The highest BCUT2D eigenvalue weighted by Gasteiger charge is 2.46. The molecule has 9 nitrogen and oxygen atoms in total. The average molecular weight is 770 g/mol. The van der Waals surface area contributed by atoms with E-state index >= 15 is 0 Å². The molecule has 2 atom stereocenters. The van der Waals surface area contributed by atoms with Crippen LogP contribution in [0.25, 0.3) is 43.1 Å². The molecule has 2 unspecified atom stereocenters. The fourth-order valence-electron chi connectivity index (χ4n) is 7.87. The fraction of sp³-hybridized carbons (Fsp3) is 0.333. The Labute approximate surface area is 333 Å². The molecule has 0 amide bonds. The molecule has 0 saturated heterocycles. The average Bonchev–Trinajstić information content (AvgIpc) is 3.22. The van der Waals surface area contributed by atoms with Crippen molar-refractivity contribution in [2.24, 2.45) is 21.9 Å². The van der Waals surface area contributed by atoms with Crippen LogP contribution in [0.15, 0.2) is 114 Å². The van der Waals surface area contributed by atoms with Crippen molar-refractivity contribution in [1.29, 1.82) is 0 Å². The van der Waals surface area contributed by atoms with Crippen LogP contribution >= 0.6 is 0 Å². The Morgan fingerprint density at radius 1 is 0.684 bits per heavy atom. The van der Waals surface area contributed by atoms with E-state index in [0.717, 1.165) is 54.2 Å². The van der Waals surface area contributed by atoms with Crippen LogP contribution in [0, 0.1) is 16.7 Å². The van der Waals surface area contributed by atoms with Crippen molar-refractivity contribution >= 4 is 67.2 Å². The van der Waals surface area contributed by atoms with Crippen LogP contribution in [0.4, 0.5) is 0 Å². The zero-order valence-electron chi connectivity index (χ0n) is 33.2. The van der Waals surface area contributed by atoms with Crippen molar-refractivity contribution in [3.8, 4) is 0 Å². The van der Waals surface area contributed by atoms with Crippen molar-refractivity contribution in [3.05, 3.63) is 120 Å². The predicted octanol–water partition coefficient (Wildman–Crippen LogP) is 9.70. The predicted molar refractivity (Wildman–Crippen MR) is 225 cm³/mol. The molecule has 0 spiro atoms. The molecular formula is C48H51NO8. The Kier molecular flexibility index (Phi) is 13.2. The second-order valence-electron chi connectivity index (χ2n) is 15.5. The lowest BCUT2D eigenvalue weighted by atomic mass is 9.69. The van der Waals surface area contributed by atoms with Gasteiger partial charge in [-0.2, -0.15) is 0 Å². The number of hydrogen-bond acceptors (Lipinski definition) is 9. The smallest absolute Gasteiger partial charge is 0.311 e. The molecular weight excluding hydrogens is 719 g/mol. The van der Waals surface area contributed by atoms with Gasteiger partial charge >= 0.3 is 17.9 Å². The minimum atomic E-state index is -1.27. The first-order valence-corrected chi connectivity index (χ1v) is 19.6. The maximum Gasteiger partial charge on any atom is 0.311 e. The van der Waals surface area contributed by atoms with Gasteiger partial charge in [0.05, 0.1) is 36.2 Å². The molecule has 0 bridgehead atoms. The van der Waals surface area contributed by atoms with Crippen LogP contribution < -0.4 is 0 Å². The molecule has 6 aromatic carbocycles. The maximum atomic E-state index is 13.8. The van der Waals surface area contributed by atoms with Crippen LogP contribution in [0.3, 0.4) is 0 Å². The SMILES string of the molecule is CCC(CC(C)(CC(C)(C)C(=O)OCCCON=Cc1c2ccccc2cc2ccccc12)C(=O)OCCO)C(=O)OCc1c2ccccc2cc2ccccc12. The lowest BCUT2D eigenvalue weighted by Crippen LogP contribution is -2.41. The van der Waals surface area contributed by atoms with Gasteiger partial charge in [0, 0.05) is 17.5 Å². The number of fused-ring (bicyclic) bond motifs is 4. The monoisotopic (exact) mass is 769 g/mol. The number of carbonyl (C=O) groups is 3. The van der Waals surface area contributed by atoms with E-state index in [0.29, 0.717) is 12.8 Å². The van der Waals surface area contributed by atoms with Gasteiger partial charge in [-0.1, -0.05) is 109 Å². The van der Waals surface area contributed by atoms with Crippen LogP contribution in [0.5, 0.6) is 0 Å². The molecule has 296 valence electrons. The van der Waals surface area contributed by atoms with Crippen molar-refractivity contribution in [2.45, 2.75) is 60.0 Å². The number of aliphatic hydroxyl groups excluding tert-OH is 1. The van der Waals surface area contributed by atoms with E-state index in [1.165, 1.54) is 0 Å². The molecule has 0 radical (unpaired) electrons. The van der Waals surface area contributed by atoms with Gasteiger partial charge in [-0.05, 0) is 95.3 Å². The highest BCUT2D eigenvalue weighted by Crippen LogP contribution is 2.42. The Morgan fingerprint density at radius 2 is 1.19 bits per heavy atom. The quantitative estimate of drug-likeness (QED) is 0.0229. The first-order valence-electron chi connectivity index (χ1n) is 19.6. The number of rotatable bonds is 18. The number of esters is 3. The third-order valence-electron chi connectivity index (χ3n) is 10.6. The fourth-order valence-corrected chi connectivity index (χ4v) is 7.87. The summed E-state index contributed by atoms with van der Waals surface area (Å²) in [5.74, 6) is -2.19.